The predicted molar refractivity (Wildman–Crippen MR) is 198 cm³/mol. The summed E-state index contributed by atoms with van der Waals surface area (Å²) in [5, 5.41) is 30.7. The zero-order chi connectivity index (χ0) is 31.5. The van der Waals surface area contributed by atoms with Crippen LogP contribution in [0.2, 0.25) is 0 Å². The molecule has 6 N–H and O–H groups in total. The zero-order valence-corrected chi connectivity index (χ0v) is 30.7. The van der Waals surface area contributed by atoms with Gasteiger partial charge in [-0.1, -0.05) is 72.6 Å². The number of nitrogens with two attached hydrogens (primary N) is 2. The minimum Gasteiger partial charge on any atom is -0.379 e. The van der Waals surface area contributed by atoms with Gasteiger partial charge in [0, 0.05) is 52.4 Å². The van der Waals surface area contributed by atoms with Crippen LogP contribution in [0.15, 0.2) is 10.2 Å². The molecule has 10 nitrogen and oxygen atoms in total. The van der Waals surface area contributed by atoms with Gasteiger partial charge in [0.1, 0.15) is 0 Å². The Kier molecular flexibility index (Phi) is 24.1. The first-order chi connectivity index (χ1) is 20.8. The molecule has 0 amide bonds. The minimum atomic E-state index is 0. The average molecular weight is 676 g/mol. The van der Waals surface area contributed by atoms with Gasteiger partial charge >= 0.3 is 0 Å². The van der Waals surface area contributed by atoms with Crippen LogP contribution in [0.25, 0.3) is 0 Å². The van der Waals surface area contributed by atoms with Crippen LogP contribution in [-0.4, -0.2) is 95.5 Å². The van der Waals surface area contributed by atoms with Gasteiger partial charge < -0.3 is 21.3 Å². The molecule has 2 aliphatic heterocycles. The van der Waals surface area contributed by atoms with Crippen molar-refractivity contribution >= 4 is 48.2 Å². The Morgan fingerprint density at radius 1 is 0.578 bits per heavy atom. The molecule has 0 atom stereocenters. The van der Waals surface area contributed by atoms with E-state index in [1.54, 1.807) is 0 Å². The van der Waals surface area contributed by atoms with E-state index in [2.05, 4.69) is 57.7 Å². The van der Waals surface area contributed by atoms with E-state index in [1.165, 1.54) is 19.3 Å². The number of piperidine rings is 2. The van der Waals surface area contributed by atoms with Crippen molar-refractivity contribution in [1.82, 2.24) is 19.8 Å². The van der Waals surface area contributed by atoms with Gasteiger partial charge in [-0.2, -0.15) is 10.2 Å². The molecule has 0 aromatic carbocycles. The topological polar surface area (TPSA) is 137 Å². The van der Waals surface area contributed by atoms with Crippen molar-refractivity contribution in [3.63, 3.8) is 0 Å². The second-order valence-electron chi connectivity index (χ2n) is 12.8. The molecular weight excluding hydrogens is 607 g/mol. The minimum absolute atomic E-state index is 0. The normalized spacial score (nSPS) is 16.6. The van der Waals surface area contributed by atoms with Crippen molar-refractivity contribution in [1.29, 1.82) is 10.8 Å². The van der Waals surface area contributed by atoms with E-state index in [0.717, 1.165) is 141 Å². The highest BCUT2D eigenvalue weighted by Gasteiger charge is 2.23. The van der Waals surface area contributed by atoms with Gasteiger partial charge in [0.15, 0.2) is 23.3 Å². The van der Waals surface area contributed by atoms with Gasteiger partial charge in [0.25, 0.3) is 0 Å². The third-order valence-electron chi connectivity index (χ3n) is 9.15. The van der Waals surface area contributed by atoms with E-state index < -0.39 is 0 Å². The second-order valence-corrected chi connectivity index (χ2v) is 12.8. The van der Waals surface area contributed by atoms with Crippen molar-refractivity contribution in [2.24, 2.45) is 33.5 Å². The summed E-state index contributed by atoms with van der Waals surface area (Å²) in [4.78, 5) is 4.21. The lowest BCUT2D eigenvalue weighted by Crippen LogP contribution is -2.43. The number of hydrazone groups is 2. The molecule has 264 valence electrons. The molecule has 0 spiro atoms. The lowest BCUT2D eigenvalue weighted by Gasteiger charge is -2.33. The van der Waals surface area contributed by atoms with E-state index >= 15 is 0 Å². The van der Waals surface area contributed by atoms with E-state index in [0.29, 0.717) is 23.3 Å². The summed E-state index contributed by atoms with van der Waals surface area (Å²) < 4.78 is 0. The third-order valence-corrected chi connectivity index (χ3v) is 9.15. The maximum Gasteiger partial charge on any atom is 0.185 e. The van der Waals surface area contributed by atoms with Crippen molar-refractivity contribution in [2.75, 3.05) is 52.4 Å². The molecule has 2 rings (SSSR count). The van der Waals surface area contributed by atoms with Gasteiger partial charge in [0.05, 0.1) is 0 Å². The number of nitrogens with one attached hydrogen (secondary N) is 2. The Morgan fingerprint density at radius 3 is 1.13 bits per heavy atom. The molecule has 2 heterocycles. The SMILES string of the molecule is CCCCN(CCCC)C(=N)C(N)=NN1CCC(CCCC2CCN(N=C(N)C(=N)N(CCCC)CCCC)CC2)CC1.Cl.Cl. The largest absolute Gasteiger partial charge is 0.379 e. The maximum absolute atomic E-state index is 8.60. The fourth-order valence-corrected chi connectivity index (χ4v) is 6.10. The summed E-state index contributed by atoms with van der Waals surface area (Å²) in [6.45, 7) is 16.0. The summed E-state index contributed by atoms with van der Waals surface area (Å²) in [6, 6.07) is 0. The maximum atomic E-state index is 8.60. The van der Waals surface area contributed by atoms with E-state index in [9.17, 15) is 0 Å². The summed E-state index contributed by atoms with van der Waals surface area (Å²) in [7, 11) is 0. The highest BCUT2D eigenvalue weighted by atomic mass is 35.5. The number of hydrogen-bond acceptors (Lipinski definition) is 6. The molecule has 0 aromatic rings. The Labute approximate surface area is 288 Å². The Balaban J connectivity index is 0.00000968. The Bertz CT molecular complexity index is 768. The van der Waals surface area contributed by atoms with Gasteiger partial charge in [-0.25, -0.2) is 0 Å². The second kappa shape index (κ2) is 25.2. The van der Waals surface area contributed by atoms with Crippen LogP contribution in [0.4, 0.5) is 0 Å². The highest BCUT2D eigenvalue weighted by molar-refractivity contribution is 6.38. The average Bonchev–Trinajstić information content (AvgIpc) is 3.02. The van der Waals surface area contributed by atoms with Crippen LogP contribution in [0.5, 0.6) is 0 Å². The van der Waals surface area contributed by atoms with Gasteiger partial charge in [0.2, 0.25) is 0 Å². The molecule has 0 aromatic heterocycles. The van der Waals surface area contributed by atoms with Crippen LogP contribution >= 0.6 is 24.8 Å². The molecule has 0 saturated carbocycles. The highest BCUT2D eigenvalue weighted by Crippen LogP contribution is 2.27. The zero-order valence-electron chi connectivity index (χ0n) is 29.1. The Hall–Kier alpha value is -1.94. The molecule has 0 unspecified atom stereocenters. The fraction of sp³-hybridized carbons (Fsp3) is 0.879. The molecule has 45 heavy (non-hydrogen) atoms. The lowest BCUT2D eigenvalue weighted by atomic mass is 9.87. The first-order valence-corrected chi connectivity index (χ1v) is 17.7. The van der Waals surface area contributed by atoms with Crippen molar-refractivity contribution in [2.45, 2.75) is 124 Å². The first kappa shape index (κ1) is 43.1. The molecular formula is C33H68Cl2N10. The molecule has 2 saturated heterocycles. The van der Waals surface area contributed by atoms with Crippen molar-refractivity contribution in [3.8, 4) is 0 Å². The third kappa shape index (κ3) is 16.4. The standard InChI is InChI=1S/C33H66N10.2ClH/c1-5-9-20-40(21-10-6-2)32(36)30(34)38-42-24-16-28(17-25-42)14-13-15-29-18-26-43(27-19-29)39-31(35)33(37)41(22-11-7-3)23-12-8-4;;/h28-29,36-37H,5-27H2,1-4H3,(H2,34,38)(H2,35,39);2*1H. The van der Waals surface area contributed by atoms with Gasteiger partial charge in [-0.3, -0.25) is 20.8 Å². The quantitative estimate of drug-likeness (QED) is 0.0940. The number of nitrogens with zero attached hydrogens (tertiary/aromatic N) is 6. The Morgan fingerprint density at radius 2 is 0.867 bits per heavy atom. The van der Waals surface area contributed by atoms with Gasteiger partial charge in [-0.15, -0.1) is 24.8 Å². The molecule has 2 aliphatic rings. The lowest BCUT2D eigenvalue weighted by molar-refractivity contribution is 0.168. The van der Waals surface area contributed by atoms with Crippen LogP contribution in [-0.2, 0) is 0 Å². The number of amidine groups is 4. The van der Waals surface area contributed by atoms with E-state index in [1.807, 2.05) is 0 Å². The number of unbranched alkanes of at least 4 members (excludes halogenated alkanes) is 4. The summed E-state index contributed by atoms with van der Waals surface area (Å²) in [6.07, 6.45) is 17.3. The van der Waals surface area contributed by atoms with Crippen LogP contribution in [0, 0.1) is 22.7 Å². The van der Waals surface area contributed by atoms with Crippen LogP contribution < -0.4 is 11.5 Å². The number of rotatable bonds is 18. The van der Waals surface area contributed by atoms with E-state index in [4.69, 9.17) is 22.3 Å². The smallest absolute Gasteiger partial charge is 0.185 e. The molecule has 0 bridgehead atoms. The molecule has 2 fully saturated rings. The summed E-state index contributed by atoms with van der Waals surface area (Å²) >= 11 is 0. The number of halogens is 2. The predicted octanol–water partition coefficient (Wildman–Crippen LogP) is 6.73. The van der Waals surface area contributed by atoms with Crippen molar-refractivity contribution < 1.29 is 0 Å². The van der Waals surface area contributed by atoms with Gasteiger partial charge in [-0.05, 0) is 63.2 Å². The summed E-state index contributed by atoms with van der Waals surface area (Å²) in [5.41, 5.74) is 12.6. The molecule has 12 heteroatoms. The van der Waals surface area contributed by atoms with Crippen LogP contribution in [0.3, 0.4) is 0 Å². The number of hydrogen-bond donors (Lipinski definition) is 4. The molecule has 0 radical (unpaired) electrons. The van der Waals surface area contributed by atoms with Crippen molar-refractivity contribution in [3.05, 3.63) is 0 Å². The molecule has 0 aliphatic carbocycles. The first-order valence-electron chi connectivity index (χ1n) is 17.7. The van der Waals surface area contributed by atoms with E-state index in [-0.39, 0.29) is 24.8 Å². The fourth-order valence-electron chi connectivity index (χ4n) is 6.10. The monoisotopic (exact) mass is 675 g/mol. The summed E-state index contributed by atoms with van der Waals surface area (Å²) in [5.74, 6) is 3.04. The van der Waals surface area contributed by atoms with Crippen LogP contribution in [0.1, 0.15) is 124 Å².